The molecule has 0 aliphatic carbocycles. The standard InChI is InChI=1S/C19H28N2O/c1-14(2)16-8-7-15(3)17-18(16)22-12-6-9-19(17,13-20)10-11-21(4)5/h7-8,14H,6,9-12H2,1-5H3. The lowest BCUT2D eigenvalue weighted by Crippen LogP contribution is -2.30. The molecule has 1 aliphatic heterocycles. The summed E-state index contributed by atoms with van der Waals surface area (Å²) in [6, 6.07) is 6.99. The third-order valence-corrected chi connectivity index (χ3v) is 4.69. The predicted molar refractivity (Wildman–Crippen MR) is 90.5 cm³/mol. The van der Waals surface area contributed by atoms with Crippen molar-refractivity contribution in [1.29, 1.82) is 5.26 Å². The van der Waals surface area contributed by atoms with Gasteiger partial charge in [0, 0.05) is 5.56 Å². The van der Waals surface area contributed by atoms with E-state index in [1.165, 1.54) is 11.1 Å². The average molecular weight is 300 g/mol. The minimum absolute atomic E-state index is 0.401. The van der Waals surface area contributed by atoms with Crippen molar-refractivity contribution in [2.24, 2.45) is 0 Å². The molecule has 0 saturated heterocycles. The normalized spacial score (nSPS) is 21.2. The highest BCUT2D eigenvalue weighted by Gasteiger charge is 2.38. The number of benzene rings is 1. The fourth-order valence-corrected chi connectivity index (χ4v) is 3.41. The van der Waals surface area contributed by atoms with Gasteiger partial charge in [-0.2, -0.15) is 5.26 Å². The Kier molecular flexibility index (Phi) is 5.13. The molecule has 0 saturated carbocycles. The van der Waals surface area contributed by atoms with Crippen LogP contribution in [0.15, 0.2) is 12.1 Å². The van der Waals surface area contributed by atoms with Gasteiger partial charge in [0.15, 0.2) is 0 Å². The fourth-order valence-electron chi connectivity index (χ4n) is 3.41. The summed E-state index contributed by atoms with van der Waals surface area (Å²) in [7, 11) is 4.13. The van der Waals surface area contributed by atoms with Gasteiger partial charge in [-0.3, -0.25) is 0 Å². The molecule has 2 rings (SSSR count). The number of hydrogen-bond donors (Lipinski definition) is 0. The van der Waals surface area contributed by atoms with Crippen molar-refractivity contribution in [3.05, 3.63) is 28.8 Å². The third-order valence-electron chi connectivity index (χ3n) is 4.69. The van der Waals surface area contributed by atoms with Crippen LogP contribution in [0.2, 0.25) is 0 Å². The number of hydrogen-bond acceptors (Lipinski definition) is 3. The molecule has 22 heavy (non-hydrogen) atoms. The van der Waals surface area contributed by atoms with Crippen molar-refractivity contribution < 1.29 is 4.74 Å². The monoisotopic (exact) mass is 300 g/mol. The van der Waals surface area contributed by atoms with Crippen LogP contribution >= 0.6 is 0 Å². The van der Waals surface area contributed by atoms with Crippen LogP contribution in [0.3, 0.4) is 0 Å². The lowest BCUT2D eigenvalue weighted by atomic mass is 9.72. The Balaban J connectivity index is 2.60. The Morgan fingerprint density at radius 2 is 2.09 bits per heavy atom. The highest BCUT2D eigenvalue weighted by molar-refractivity contribution is 5.54. The lowest BCUT2D eigenvalue weighted by molar-refractivity contribution is 0.306. The van der Waals surface area contributed by atoms with Crippen molar-refractivity contribution in [2.45, 2.75) is 51.4 Å². The summed E-state index contributed by atoms with van der Waals surface area (Å²) in [5.74, 6) is 1.38. The summed E-state index contributed by atoms with van der Waals surface area (Å²) >= 11 is 0. The molecule has 120 valence electrons. The van der Waals surface area contributed by atoms with Crippen molar-refractivity contribution >= 4 is 0 Å². The van der Waals surface area contributed by atoms with Crippen LogP contribution in [0.25, 0.3) is 0 Å². The number of nitrogens with zero attached hydrogens (tertiary/aromatic N) is 2. The molecule has 0 fully saturated rings. The molecule has 0 bridgehead atoms. The maximum atomic E-state index is 10.1. The molecule has 0 radical (unpaired) electrons. The molecule has 1 atom stereocenters. The maximum Gasteiger partial charge on any atom is 0.127 e. The van der Waals surface area contributed by atoms with Crippen LogP contribution < -0.4 is 4.74 Å². The second-order valence-corrected chi connectivity index (χ2v) is 7.03. The molecule has 0 aromatic heterocycles. The maximum absolute atomic E-state index is 10.1. The minimum atomic E-state index is -0.426. The average Bonchev–Trinajstić information content (AvgIpc) is 2.66. The van der Waals surface area contributed by atoms with E-state index in [-0.39, 0.29) is 0 Å². The fraction of sp³-hybridized carbons (Fsp3) is 0.632. The van der Waals surface area contributed by atoms with Gasteiger partial charge in [-0.25, -0.2) is 0 Å². The van der Waals surface area contributed by atoms with E-state index >= 15 is 0 Å². The first-order valence-electron chi connectivity index (χ1n) is 8.24. The summed E-state index contributed by atoms with van der Waals surface area (Å²) in [6.07, 6.45) is 2.68. The van der Waals surface area contributed by atoms with Crippen LogP contribution in [0.1, 0.15) is 55.7 Å². The van der Waals surface area contributed by atoms with E-state index in [1.54, 1.807) is 0 Å². The zero-order chi connectivity index (χ0) is 16.3. The summed E-state index contributed by atoms with van der Waals surface area (Å²) in [5, 5.41) is 10.1. The van der Waals surface area contributed by atoms with E-state index in [0.29, 0.717) is 12.5 Å². The van der Waals surface area contributed by atoms with Gasteiger partial charge in [0.25, 0.3) is 0 Å². The molecule has 3 heteroatoms. The Labute approximate surface area is 134 Å². The Bertz CT molecular complexity index is 572. The smallest absolute Gasteiger partial charge is 0.127 e. The van der Waals surface area contributed by atoms with E-state index < -0.39 is 5.41 Å². The number of fused-ring (bicyclic) bond motifs is 1. The first-order valence-corrected chi connectivity index (χ1v) is 8.24. The quantitative estimate of drug-likeness (QED) is 0.843. The molecular weight excluding hydrogens is 272 g/mol. The predicted octanol–water partition coefficient (Wildman–Crippen LogP) is 4.00. The van der Waals surface area contributed by atoms with Gasteiger partial charge in [-0.1, -0.05) is 26.0 Å². The second kappa shape index (κ2) is 6.71. The van der Waals surface area contributed by atoms with Gasteiger partial charge in [-0.15, -0.1) is 0 Å². The zero-order valence-corrected chi connectivity index (χ0v) is 14.6. The highest BCUT2D eigenvalue weighted by Crippen LogP contribution is 2.45. The highest BCUT2D eigenvalue weighted by atomic mass is 16.5. The van der Waals surface area contributed by atoms with Gasteiger partial charge < -0.3 is 9.64 Å². The SMILES string of the molecule is Cc1ccc(C(C)C)c2c1C(C#N)(CCN(C)C)CCCO2. The molecular formula is C19H28N2O. The van der Waals surface area contributed by atoms with E-state index in [4.69, 9.17) is 4.74 Å². The van der Waals surface area contributed by atoms with E-state index in [0.717, 1.165) is 37.1 Å². The zero-order valence-electron chi connectivity index (χ0n) is 14.6. The molecule has 1 aromatic rings. The van der Waals surface area contributed by atoms with Crippen molar-refractivity contribution in [3.8, 4) is 11.8 Å². The summed E-state index contributed by atoms with van der Waals surface area (Å²) in [6.45, 7) is 8.11. The second-order valence-electron chi connectivity index (χ2n) is 7.03. The van der Waals surface area contributed by atoms with Crippen LogP contribution in [0, 0.1) is 18.3 Å². The summed E-state index contributed by atoms with van der Waals surface area (Å²) < 4.78 is 6.12. The third kappa shape index (κ3) is 3.13. The Hall–Kier alpha value is -1.53. The van der Waals surface area contributed by atoms with Gasteiger partial charge in [-0.05, 0) is 63.9 Å². The molecule has 0 spiro atoms. The molecule has 0 N–H and O–H groups in total. The molecule has 1 aliphatic rings. The summed E-state index contributed by atoms with van der Waals surface area (Å²) in [5.41, 5.74) is 3.12. The molecule has 1 aromatic carbocycles. The van der Waals surface area contributed by atoms with Crippen molar-refractivity contribution in [1.82, 2.24) is 4.90 Å². The number of ether oxygens (including phenoxy) is 1. The largest absolute Gasteiger partial charge is 0.493 e. The molecule has 0 amide bonds. The van der Waals surface area contributed by atoms with Gasteiger partial charge in [0.05, 0.1) is 18.1 Å². The van der Waals surface area contributed by atoms with Crippen molar-refractivity contribution in [2.75, 3.05) is 27.2 Å². The summed E-state index contributed by atoms with van der Waals surface area (Å²) in [4.78, 5) is 2.16. The van der Waals surface area contributed by atoms with E-state index in [9.17, 15) is 5.26 Å². The van der Waals surface area contributed by atoms with Gasteiger partial charge in [0.1, 0.15) is 5.75 Å². The molecule has 3 nitrogen and oxygen atoms in total. The lowest BCUT2D eigenvalue weighted by Gasteiger charge is -2.30. The Morgan fingerprint density at radius 3 is 2.68 bits per heavy atom. The first kappa shape index (κ1) is 16.8. The van der Waals surface area contributed by atoms with Crippen LogP contribution in [-0.2, 0) is 5.41 Å². The molecule has 1 unspecified atom stereocenters. The number of aryl methyl sites for hydroxylation is 1. The first-order chi connectivity index (χ1) is 10.4. The van der Waals surface area contributed by atoms with Crippen LogP contribution in [-0.4, -0.2) is 32.1 Å². The van der Waals surface area contributed by atoms with Gasteiger partial charge >= 0.3 is 0 Å². The van der Waals surface area contributed by atoms with Crippen molar-refractivity contribution in [3.63, 3.8) is 0 Å². The van der Waals surface area contributed by atoms with E-state index in [2.05, 4.69) is 58.0 Å². The number of rotatable bonds is 4. The topological polar surface area (TPSA) is 36.3 Å². The number of nitriles is 1. The molecule has 1 heterocycles. The Morgan fingerprint density at radius 1 is 1.36 bits per heavy atom. The van der Waals surface area contributed by atoms with Crippen LogP contribution in [0.5, 0.6) is 5.75 Å². The van der Waals surface area contributed by atoms with E-state index in [1.807, 2.05) is 0 Å². The van der Waals surface area contributed by atoms with Crippen LogP contribution in [0.4, 0.5) is 0 Å². The minimum Gasteiger partial charge on any atom is -0.493 e. The van der Waals surface area contributed by atoms with Gasteiger partial charge in [0.2, 0.25) is 0 Å².